The van der Waals surface area contributed by atoms with Gasteiger partial charge >= 0.3 is 0 Å². The van der Waals surface area contributed by atoms with Gasteiger partial charge in [-0.3, -0.25) is 4.99 Å². The van der Waals surface area contributed by atoms with Crippen LogP contribution in [0, 0.1) is 5.82 Å². The first-order valence-corrected chi connectivity index (χ1v) is 8.87. The topological polar surface area (TPSA) is 36.4 Å². The molecule has 0 spiro atoms. The lowest BCUT2D eigenvalue weighted by atomic mass is 9.96. The van der Waals surface area contributed by atoms with E-state index >= 15 is 0 Å². The summed E-state index contributed by atoms with van der Waals surface area (Å²) in [5, 5.41) is 6.61. The van der Waals surface area contributed by atoms with E-state index in [1.165, 1.54) is 5.56 Å². The molecule has 0 heterocycles. The van der Waals surface area contributed by atoms with Gasteiger partial charge in [0.15, 0.2) is 5.96 Å². The highest BCUT2D eigenvalue weighted by Crippen LogP contribution is 2.48. The Bertz CT molecular complexity index is 469. The fraction of sp³-hybridized carbons (Fsp3) is 0.562. The summed E-state index contributed by atoms with van der Waals surface area (Å²) in [5.41, 5.74) is 1.32. The summed E-state index contributed by atoms with van der Waals surface area (Å²) in [6.07, 6.45) is 4.36. The third-order valence-electron chi connectivity index (χ3n) is 3.79. The highest BCUT2D eigenvalue weighted by Gasteiger charge is 2.44. The Balaban J connectivity index is 1.97. The van der Waals surface area contributed by atoms with Crippen molar-refractivity contribution in [1.29, 1.82) is 0 Å². The molecule has 21 heavy (non-hydrogen) atoms. The standard InChI is InChI=1S/C16H24FN3S/c1-3-18-15(19-10-11-21-2)20-12-16(8-9-16)13-4-6-14(17)7-5-13/h4-7H,3,8-12H2,1-2H3,(H2,18,19,20). The van der Waals surface area contributed by atoms with Gasteiger partial charge in [0.05, 0.1) is 6.54 Å². The summed E-state index contributed by atoms with van der Waals surface area (Å²) < 4.78 is 13.0. The molecule has 1 fully saturated rings. The van der Waals surface area contributed by atoms with Crippen molar-refractivity contribution in [2.24, 2.45) is 4.99 Å². The molecule has 116 valence electrons. The Labute approximate surface area is 130 Å². The molecule has 0 radical (unpaired) electrons. The van der Waals surface area contributed by atoms with Crippen molar-refractivity contribution < 1.29 is 4.39 Å². The Hall–Kier alpha value is -1.23. The Morgan fingerprint density at radius 3 is 2.57 bits per heavy atom. The summed E-state index contributed by atoms with van der Waals surface area (Å²) in [6, 6.07) is 6.87. The van der Waals surface area contributed by atoms with Gasteiger partial charge in [0, 0.05) is 24.3 Å². The summed E-state index contributed by atoms with van der Waals surface area (Å²) in [7, 11) is 0. The molecule has 1 aliphatic carbocycles. The summed E-state index contributed by atoms with van der Waals surface area (Å²) >= 11 is 1.82. The molecule has 1 saturated carbocycles. The summed E-state index contributed by atoms with van der Waals surface area (Å²) in [4.78, 5) is 4.71. The fourth-order valence-electron chi connectivity index (χ4n) is 2.34. The van der Waals surface area contributed by atoms with Crippen LogP contribution in [0.15, 0.2) is 29.3 Å². The van der Waals surface area contributed by atoms with E-state index in [4.69, 9.17) is 4.99 Å². The largest absolute Gasteiger partial charge is 0.357 e. The zero-order chi connectivity index (χ0) is 15.1. The first kappa shape index (κ1) is 16.1. The SMILES string of the molecule is CCNC(=NCC1(c2ccc(F)cc2)CC1)NCCSC. The lowest BCUT2D eigenvalue weighted by Crippen LogP contribution is -2.39. The van der Waals surface area contributed by atoms with Crippen LogP contribution in [0.5, 0.6) is 0 Å². The minimum Gasteiger partial charge on any atom is -0.357 e. The number of rotatable bonds is 7. The van der Waals surface area contributed by atoms with Crippen LogP contribution >= 0.6 is 11.8 Å². The van der Waals surface area contributed by atoms with Crippen molar-refractivity contribution in [2.45, 2.75) is 25.2 Å². The molecule has 0 atom stereocenters. The van der Waals surface area contributed by atoms with Gasteiger partial charge in [-0.1, -0.05) is 12.1 Å². The minimum absolute atomic E-state index is 0.121. The minimum atomic E-state index is -0.176. The molecule has 2 rings (SSSR count). The second-order valence-electron chi connectivity index (χ2n) is 5.40. The molecule has 0 aliphatic heterocycles. The molecule has 0 unspecified atom stereocenters. The number of halogens is 1. The molecule has 5 heteroatoms. The maximum atomic E-state index is 13.0. The van der Waals surface area contributed by atoms with Gasteiger partial charge in [0.25, 0.3) is 0 Å². The van der Waals surface area contributed by atoms with Gasteiger partial charge in [-0.05, 0) is 43.7 Å². The molecule has 3 nitrogen and oxygen atoms in total. The zero-order valence-corrected chi connectivity index (χ0v) is 13.6. The van der Waals surface area contributed by atoms with E-state index in [9.17, 15) is 4.39 Å². The molecule has 1 aromatic carbocycles. The molecule has 2 N–H and O–H groups in total. The van der Waals surface area contributed by atoms with E-state index in [1.54, 1.807) is 12.1 Å². The molecule has 0 saturated heterocycles. The fourth-order valence-corrected chi connectivity index (χ4v) is 2.64. The lowest BCUT2D eigenvalue weighted by molar-refractivity contribution is 0.623. The third kappa shape index (κ3) is 4.63. The molecule has 0 amide bonds. The monoisotopic (exact) mass is 309 g/mol. The van der Waals surface area contributed by atoms with E-state index in [1.807, 2.05) is 23.9 Å². The number of aliphatic imine (C=N–C) groups is 1. The van der Waals surface area contributed by atoms with E-state index in [2.05, 4.69) is 23.8 Å². The van der Waals surface area contributed by atoms with Gasteiger partial charge in [0.1, 0.15) is 5.82 Å². The van der Waals surface area contributed by atoms with E-state index in [0.29, 0.717) is 0 Å². The molecular weight excluding hydrogens is 285 g/mol. The van der Waals surface area contributed by atoms with Crippen molar-refractivity contribution in [3.8, 4) is 0 Å². The van der Waals surface area contributed by atoms with Crippen LogP contribution in [0.1, 0.15) is 25.3 Å². The van der Waals surface area contributed by atoms with Crippen molar-refractivity contribution in [1.82, 2.24) is 10.6 Å². The van der Waals surface area contributed by atoms with Crippen LogP contribution in [-0.2, 0) is 5.41 Å². The van der Waals surface area contributed by atoms with Crippen LogP contribution in [0.2, 0.25) is 0 Å². The van der Waals surface area contributed by atoms with E-state index in [0.717, 1.165) is 44.2 Å². The maximum absolute atomic E-state index is 13.0. The van der Waals surface area contributed by atoms with Crippen molar-refractivity contribution in [2.75, 3.05) is 31.6 Å². The van der Waals surface area contributed by atoms with Crippen molar-refractivity contribution in [3.63, 3.8) is 0 Å². The highest BCUT2D eigenvalue weighted by atomic mass is 32.2. The number of hydrogen-bond donors (Lipinski definition) is 2. The van der Waals surface area contributed by atoms with Crippen LogP contribution in [-0.4, -0.2) is 37.6 Å². The average Bonchev–Trinajstić information content (AvgIpc) is 3.27. The molecular formula is C16H24FN3S. The first-order chi connectivity index (χ1) is 10.2. The van der Waals surface area contributed by atoms with Gasteiger partial charge in [-0.2, -0.15) is 11.8 Å². The number of thioether (sulfide) groups is 1. The smallest absolute Gasteiger partial charge is 0.191 e. The van der Waals surface area contributed by atoms with E-state index < -0.39 is 0 Å². The second-order valence-corrected chi connectivity index (χ2v) is 6.39. The highest BCUT2D eigenvalue weighted by molar-refractivity contribution is 7.98. The van der Waals surface area contributed by atoms with Gasteiger partial charge in [-0.25, -0.2) is 4.39 Å². The number of hydrogen-bond acceptors (Lipinski definition) is 2. The lowest BCUT2D eigenvalue weighted by Gasteiger charge is -2.16. The number of nitrogens with one attached hydrogen (secondary N) is 2. The third-order valence-corrected chi connectivity index (χ3v) is 4.41. The Kier molecular flexibility index (Phi) is 5.91. The zero-order valence-electron chi connectivity index (χ0n) is 12.8. The van der Waals surface area contributed by atoms with Crippen molar-refractivity contribution in [3.05, 3.63) is 35.6 Å². The van der Waals surface area contributed by atoms with Gasteiger partial charge in [0.2, 0.25) is 0 Å². The quantitative estimate of drug-likeness (QED) is 0.462. The van der Waals surface area contributed by atoms with Crippen LogP contribution < -0.4 is 10.6 Å². The predicted molar refractivity (Wildman–Crippen MR) is 89.7 cm³/mol. The predicted octanol–water partition coefficient (Wildman–Crippen LogP) is 2.78. The number of nitrogens with zero attached hydrogens (tertiary/aromatic N) is 1. The molecule has 0 aromatic heterocycles. The number of guanidine groups is 1. The van der Waals surface area contributed by atoms with E-state index in [-0.39, 0.29) is 11.2 Å². The molecule has 1 aliphatic rings. The molecule has 1 aromatic rings. The Morgan fingerprint density at radius 1 is 1.29 bits per heavy atom. The maximum Gasteiger partial charge on any atom is 0.191 e. The second kappa shape index (κ2) is 7.69. The first-order valence-electron chi connectivity index (χ1n) is 7.47. The van der Waals surface area contributed by atoms with Crippen LogP contribution in [0.4, 0.5) is 4.39 Å². The summed E-state index contributed by atoms with van der Waals surface area (Å²) in [6.45, 7) is 4.59. The number of benzene rings is 1. The van der Waals surface area contributed by atoms with Gasteiger partial charge < -0.3 is 10.6 Å². The van der Waals surface area contributed by atoms with Crippen molar-refractivity contribution >= 4 is 17.7 Å². The Morgan fingerprint density at radius 2 is 2.00 bits per heavy atom. The van der Waals surface area contributed by atoms with Gasteiger partial charge in [-0.15, -0.1) is 0 Å². The normalized spacial score (nSPS) is 16.6. The van der Waals surface area contributed by atoms with Crippen LogP contribution in [0.3, 0.4) is 0 Å². The average molecular weight is 309 g/mol. The molecule has 0 bridgehead atoms. The summed E-state index contributed by atoms with van der Waals surface area (Å²) in [5.74, 6) is 1.76. The van der Waals surface area contributed by atoms with Crippen LogP contribution in [0.25, 0.3) is 0 Å².